The summed E-state index contributed by atoms with van der Waals surface area (Å²) in [5.74, 6) is -0.631. The van der Waals surface area contributed by atoms with Gasteiger partial charge >= 0.3 is 0 Å². The van der Waals surface area contributed by atoms with Gasteiger partial charge in [0, 0.05) is 18.1 Å². The first-order chi connectivity index (χ1) is 14.0. The summed E-state index contributed by atoms with van der Waals surface area (Å²) in [7, 11) is 0. The highest BCUT2D eigenvalue weighted by Gasteiger charge is 2.39. The number of amides is 2. The molecule has 1 aliphatic heterocycles. The van der Waals surface area contributed by atoms with E-state index in [0.29, 0.717) is 11.3 Å². The van der Waals surface area contributed by atoms with Gasteiger partial charge in [-0.25, -0.2) is 0 Å². The second-order valence-corrected chi connectivity index (χ2v) is 7.09. The lowest BCUT2D eigenvalue weighted by Gasteiger charge is -2.15. The second-order valence-electron chi connectivity index (χ2n) is 7.09. The number of pyridine rings is 1. The molecule has 0 aliphatic carbocycles. The van der Waals surface area contributed by atoms with Crippen molar-refractivity contribution in [1.29, 1.82) is 0 Å². The number of anilines is 1. The first-order valence-corrected chi connectivity index (χ1v) is 9.43. The van der Waals surface area contributed by atoms with E-state index in [-0.39, 0.29) is 18.4 Å². The van der Waals surface area contributed by atoms with E-state index in [4.69, 9.17) is 0 Å². The van der Waals surface area contributed by atoms with E-state index >= 15 is 0 Å². The number of carbonyl (C=O) groups excluding carboxylic acids is 2. The number of benzene rings is 2. The molecule has 29 heavy (non-hydrogen) atoms. The Bertz CT molecular complexity index is 1110. The number of carbonyl (C=O) groups is 2. The van der Waals surface area contributed by atoms with Crippen LogP contribution in [0.5, 0.6) is 0 Å². The number of nitrogens with zero attached hydrogens (tertiary/aromatic N) is 2. The molecule has 0 bridgehead atoms. The van der Waals surface area contributed by atoms with Gasteiger partial charge in [-0.3, -0.25) is 19.5 Å². The highest BCUT2D eigenvalue weighted by molar-refractivity contribution is 6.36. The van der Waals surface area contributed by atoms with E-state index in [1.165, 1.54) is 10.5 Å². The third kappa shape index (κ3) is 3.67. The van der Waals surface area contributed by atoms with Crippen LogP contribution in [0.15, 0.2) is 78.8 Å². The summed E-state index contributed by atoms with van der Waals surface area (Å²) in [6, 6.07) is 18.8. The molecule has 0 atom stereocenters. The van der Waals surface area contributed by atoms with Crippen molar-refractivity contribution in [2.75, 3.05) is 5.32 Å². The molecule has 0 unspecified atom stereocenters. The molecule has 4 rings (SSSR count). The minimum Gasteiger partial charge on any atom is -0.350 e. The third-order valence-electron chi connectivity index (χ3n) is 5.10. The molecule has 5 heteroatoms. The molecule has 2 aromatic carbocycles. The summed E-state index contributed by atoms with van der Waals surface area (Å²) in [5.41, 5.74) is 5.32. The van der Waals surface area contributed by atoms with E-state index in [1.54, 1.807) is 24.5 Å². The maximum Gasteiger partial charge on any atom is 0.278 e. The monoisotopic (exact) mass is 383 g/mol. The molecule has 3 aromatic rings. The first kappa shape index (κ1) is 18.6. The Labute approximate surface area is 169 Å². The average Bonchev–Trinajstić information content (AvgIpc) is 2.96. The number of nitrogens with one attached hydrogen (secondary N) is 1. The summed E-state index contributed by atoms with van der Waals surface area (Å²) >= 11 is 0. The van der Waals surface area contributed by atoms with Gasteiger partial charge in [-0.15, -0.1) is 0 Å². The maximum atomic E-state index is 13.2. The molecule has 1 aromatic heterocycles. The van der Waals surface area contributed by atoms with Crippen LogP contribution in [0.25, 0.3) is 5.57 Å². The van der Waals surface area contributed by atoms with Crippen LogP contribution >= 0.6 is 0 Å². The maximum absolute atomic E-state index is 13.2. The van der Waals surface area contributed by atoms with E-state index < -0.39 is 0 Å². The van der Waals surface area contributed by atoms with Gasteiger partial charge in [-0.05, 0) is 60.4 Å². The zero-order valence-corrected chi connectivity index (χ0v) is 16.3. The normalized spacial score (nSPS) is 13.9. The fourth-order valence-corrected chi connectivity index (χ4v) is 3.34. The number of hydrogen-bond acceptors (Lipinski definition) is 4. The smallest absolute Gasteiger partial charge is 0.278 e. The Kier molecular flexibility index (Phi) is 4.96. The third-order valence-corrected chi connectivity index (χ3v) is 5.10. The molecule has 1 aliphatic rings. The molecule has 2 heterocycles. The minimum atomic E-state index is -0.330. The van der Waals surface area contributed by atoms with Crippen LogP contribution in [0.3, 0.4) is 0 Å². The van der Waals surface area contributed by atoms with Crippen LogP contribution < -0.4 is 5.32 Å². The highest BCUT2D eigenvalue weighted by atomic mass is 16.2. The van der Waals surface area contributed by atoms with Crippen LogP contribution in [-0.4, -0.2) is 21.7 Å². The first-order valence-electron chi connectivity index (χ1n) is 9.43. The van der Waals surface area contributed by atoms with E-state index in [2.05, 4.69) is 10.3 Å². The average molecular weight is 383 g/mol. The molecule has 0 fully saturated rings. The topological polar surface area (TPSA) is 62.3 Å². The SMILES string of the molecule is Cc1ccc(NC2=C(c3ccccc3)C(=O)N(Cc3ccncc3)C2=O)cc1C. The lowest BCUT2D eigenvalue weighted by molar-refractivity contribution is -0.137. The van der Waals surface area contributed by atoms with Crippen LogP contribution in [0.2, 0.25) is 0 Å². The Morgan fingerprint density at radius 2 is 1.59 bits per heavy atom. The molecule has 0 radical (unpaired) electrons. The van der Waals surface area contributed by atoms with E-state index in [0.717, 1.165) is 22.4 Å². The van der Waals surface area contributed by atoms with Crippen molar-refractivity contribution in [3.05, 3.63) is 101 Å². The molecule has 0 saturated carbocycles. The standard InChI is InChI=1S/C24H21N3O2/c1-16-8-9-20(14-17(16)2)26-22-21(19-6-4-3-5-7-19)23(28)27(24(22)29)15-18-10-12-25-13-11-18/h3-14,26H,15H2,1-2H3. The summed E-state index contributed by atoms with van der Waals surface area (Å²) in [6.45, 7) is 4.26. The summed E-state index contributed by atoms with van der Waals surface area (Å²) < 4.78 is 0. The fraction of sp³-hybridized carbons (Fsp3) is 0.125. The van der Waals surface area contributed by atoms with Crippen molar-refractivity contribution in [3.8, 4) is 0 Å². The number of rotatable bonds is 5. The van der Waals surface area contributed by atoms with Crippen LogP contribution in [-0.2, 0) is 16.1 Å². The minimum absolute atomic E-state index is 0.203. The Balaban J connectivity index is 1.74. The molecule has 0 spiro atoms. The van der Waals surface area contributed by atoms with Crippen molar-refractivity contribution in [3.63, 3.8) is 0 Å². The molecule has 0 saturated heterocycles. The Morgan fingerprint density at radius 3 is 2.28 bits per heavy atom. The molecular weight excluding hydrogens is 362 g/mol. The van der Waals surface area contributed by atoms with Crippen molar-refractivity contribution in [1.82, 2.24) is 9.88 Å². The van der Waals surface area contributed by atoms with E-state index in [1.807, 2.05) is 62.4 Å². The van der Waals surface area contributed by atoms with Gasteiger partial charge in [0.1, 0.15) is 5.70 Å². The largest absolute Gasteiger partial charge is 0.350 e. The molecular formula is C24H21N3O2. The zero-order valence-electron chi connectivity index (χ0n) is 16.3. The van der Waals surface area contributed by atoms with Gasteiger partial charge in [0.05, 0.1) is 12.1 Å². The van der Waals surface area contributed by atoms with Gasteiger partial charge in [-0.2, -0.15) is 0 Å². The van der Waals surface area contributed by atoms with Crippen molar-refractivity contribution in [2.45, 2.75) is 20.4 Å². The quantitative estimate of drug-likeness (QED) is 0.674. The molecule has 2 amide bonds. The Hall–Kier alpha value is -3.73. The van der Waals surface area contributed by atoms with Crippen molar-refractivity contribution < 1.29 is 9.59 Å². The predicted octanol–water partition coefficient (Wildman–Crippen LogP) is 4.09. The fourth-order valence-electron chi connectivity index (χ4n) is 3.34. The number of aryl methyl sites for hydroxylation is 2. The lowest BCUT2D eigenvalue weighted by Crippen LogP contribution is -2.32. The van der Waals surface area contributed by atoms with Gasteiger partial charge in [0.2, 0.25) is 0 Å². The number of imide groups is 1. The predicted molar refractivity (Wildman–Crippen MR) is 113 cm³/mol. The van der Waals surface area contributed by atoms with Gasteiger partial charge < -0.3 is 5.32 Å². The second kappa shape index (κ2) is 7.72. The van der Waals surface area contributed by atoms with Crippen molar-refractivity contribution >= 4 is 23.1 Å². The van der Waals surface area contributed by atoms with Gasteiger partial charge in [0.15, 0.2) is 0 Å². The lowest BCUT2D eigenvalue weighted by atomic mass is 10.0. The summed E-state index contributed by atoms with van der Waals surface area (Å²) in [5, 5.41) is 3.21. The van der Waals surface area contributed by atoms with Crippen LogP contribution in [0.1, 0.15) is 22.3 Å². The molecule has 1 N–H and O–H groups in total. The summed E-state index contributed by atoms with van der Waals surface area (Å²) in [6.07, 6.45) is 3.31. The number of hydrogen-bond donors (Lipinski definition) is 1. The molecule has 5 nitrogen and oxygen atoms in total. The van der Waals surface area contributed by atoms with Crippen molar-refractivity contribution in [2.24, 2.45) is 0 Å². The van der Waals surface area contributed by atoms with Gasteiger partial charge in [-0.1, -0.05) is 36.4 Å². The summed E-state index contributed by atoms with van der Waals surface area (Å²) in [4.78, 5) is 31.7. The van der Waals surface area contributed by atoms with E-state index in [9.17, 15) is 9.59 Å². The molecule has 144 valence electrons. The van der Waals surface area contributed by atoms with Crippen LogP contribution in [0.4, 0.5) is 5.69 Å². The Morgan fingerprint density at radius 1 is 0.862 bits per heavy atom. The van der Waals surface area contributed by atoms with Gasteiger partial charge in [0.25, 0.3) is 11.8 Å². The van der Waals surface area contributed by atoms with Crippen LogP contribution in [0, 0.1) is 13.8 Å². The number of aromatic nitrogens is 1. The highest BCUT2D eigenvalue weighted by Crippen LogP contribution is 2.31. The zero-order chi connectivity index (χ0) is 20.4.